The molecule has 1 N–H and O–H groups in total. The summed E-state index contributed by atoms with van der Waals surface area (Å²) in [5.74, 6) is 0.407. The van der Waals surface area contributed by atoms with Gasteiger partial charge in [-0.15, -0.1) is 0 Å². The van der Waals surface area contributed by atoms with E-state index in [4.69, 9.17) is 10.00 Å². The molecule has 5 heteroatoms. The van der Waals surface area contributed by atoms with Crippen molar-refractivity contribution in [3.8, 4) is 11.8 Å². The van der Waals surface area contributed by atoms with E-state index in [9.17, 15) is 4.79 Å². The van der Waals surface area contributed by atoms with Gasteiger partial charge in [-0.3, -0.25) is 4.79 Å². The predicted molar refractivity (Wildman–Crippen MR) is 62.9 cm³/mol. The Hall–Kier alpha value is -2.06. The van der Waals surface area contributed by atoms with Crippen LogP contribution in [0.1, 0.15) is 5.56 Å². The van der Waals surface area contributed by atoms with E-state index in [1.165, 1.54) is 4.90 Å². The van der Waals surface area contributed by atoms with Crippen molar-refractivity contribution in [2.75, 3.05) is 25.6 Å². The van der Waals surface area contributed by atoms with Gasteiger partial charge in [0.05, 0.1) is 11.3 Å². The van der Waals surface area contributed by atoms with E-state index in [2.05, 4.69) is 11.4 Å². The monoisotopic (exact) mass is 231 g/mol. The summed E-state index contributed by atoms with van der Waals surface area (Å²) in [7, 11) is 3.39. The molecule has 0 saturated heterocycles. The van der Waals surface area contributed by atoms with Crippen molar-refractivity contribution in [2.24, 2.45) is 0 Å². The molecule has 1 aliphatic heterocycles. The first kappa shape index (κ1) is 11.4. The second kappa shape index (κ2) is 4.44. The van der Waals surface area contributed by atoms with Crippen molar-refractivity contribution in [1.82, 2.24) is 5.32 Å². The Kier molecular flexibility index (Phi) is 2.98. The Morgan fingerprint density at radius 3 is 3.00 bits per heavy atom. The van der Waals surface area contributed by atoms with Gasteiger partial charge < -0.3 is 15.0 Å². The Balaban J connectivity index is 2.51. The van der Waals surface area contributed by atoms with E-state index in [1.54, 1.807) is 32.3 Å². The first-order chi connectivity index (χ1) is 8.19. The summed E-state index contributed by atoms with van der Waals surface area (Å²) in [6.07, 6.45) is 0. The molecule has 1 heterocycles. The number of nitriles is 1. The number of anilines is 1. The Morgan fingerprint density at radius 2 is 2.35 bits per heavy atom. The quantitative estimate of drug-likeness (QED) is 0.764. The van der Waals surface area contributed by atoms with Gasteiger partial charge in [0.15, 0.2) is 5.75 Å². The Labute approximate surface area is 99.6 Å². The molecule has 1 aromatic rings. The highest BCUT2D eigenvalue weighted by atomic mass is 16.5. The lowest BCUT2D eigenvalue weighted by Crippen LogP contribution is -2.45. The molecule has 0 spiro atoms. The molecule has 1 aliphatic rings. The van der Waals surface area contributed by atoms with Crippen LogP contribution in [0.4, 0.5) is 5.69 Å². The van der Waals surface area contributed by atoms with Crippen LogP contribution in [-0.2, 0) is 4.79 Å². The lowest BCUT2D eigenvalue weighted by atomic mass is 10.1. The van der Waals surface area contributed by atoms with Crippen LogP contribution >= 0.6 is 0 Å². The summed E-state index contributed by atoms with van der Waals surface area (Å²) in [6.45, 7) is 0.228. The fourth-order valence-electron chi connectivity index (χ4n) is 1.83. The number of ether oxygens (including phenoxy) is 1. The molecule has 0 radical (unpaired) electrons. The van der Waals surface area contributed by atoms with Crippen LogP contribution < -0.4 is 15.0 Å². The lowest BCUT2D eigenvalue weighted by Gasteiger charge is -2.19. The van der Waals surface area contributed by atoms with Gasteiger partial charge in [-0.2, -0.15) is 5.26 Å². The van der Waals surface area contributed by atoms with E-state index >= 15 is 0 Å². The Bertz CT molecular complexity index is 493. The molecule has 0 aliphatic carbocycles. The number of carbonyl (C=O) groups is 1. The number of amides is 1. The van der Waals surface area contributed by atoms with E-state index in [-0.39, 0.29) is 18.6 Å². The van der Waals surface area contributed by atoms with Gasteiger partial charge in [0.1, 0.15) is 18.7 Å². The van der Waals surface area contributed by atoms with Gasteiger partial charge in [-0.1, -0.05) is 6.07 Å². The number of para-hydroxylation sites is 1. The van der Waals surface area contributed by atoms with Crippen molar-refractivity contribution in [3.05, 3.63) is 23.8 Å². The van der Waals surface area contributed by atoms with Crippen LogP contribution in [0.25, 0.3) is 0 Å². The van der Waals surface area contributed by atoms with Gasteiger partial charge in [0, 0.05) is 7.05 Å². The second-order valence-corrected chi connectivity index (χ2v) is 3.82. The topological polar surface area (TPSA) is 65.4 Å². The smallest absolute Gasteiger partial charge is 0.247 e. The average molecular weight is 231 g/mol. The minimum Gasteiger partial charge on any atom is -0.488 e. The summed E-state index contributed by atoms with van der Waals surface area (Å²) < 4.78 is 5.57. The number of nitrogens with one attached hydrogen (secondary N) is 1. The second-order valence-electron chi connectivity index (χ2n) is 3.82. The fourth-order valence-corrected chi connectivity index (χ4v) is 1.83. The number of carbonyl (C=O) groups excluding carboxylic acids is 1. The molecule has 2 rings (SSSR count). The number of rotatable bonds is 1. The van der Waals surface area contributed by atoms with E-state index in [0.717, 1.165) is 0 Å². The lowest BCUT2D eigenvalue weighted by molar-refractivity contribution is -0.120. The molecule has 0 fully saturated rings. The number of benzene rings is 1. The molecular formula is C12H13N3O2. The fraction of sp³-hybridized carbons (Fsp3) is 0.333. The maximum atomic E-state index is 12.0. The van der Waals surface area contributed by atoms with E-state index < -0.39 is 0 Å². The third-order valence-corrected chi connectivity index (χ3v) is 2.85. The van der Waals surface area contributed by atoms with Crippen molar-refractivity contribution < 1.29 is 9.53 Å². The molecule has 88 valence electrons. The molecule has 17 heavy (non-hydrogen) atoms. The number of hydrogen-bond donors (Lipinski definition) is 1. The van der Waals surface area contributed by atoms with Crippen molar-refractivity contribution in [1.29, 1.82) is 5.26 Å². The van der Waals surface area contributed by atoms with Crippen molar-refractivity contribution in [3.63, 3.8) is 0 Å². The molecule has 1 aromatic carbocycles. The van der Waals surface area contributed by atoms with E-state index in [0.29, 0.717) is 17.0 Å². The Morgan fingerprint density at radius 1 is 1.59 bits per heavy atom. The summed E-state index contributed by atoms with van der Waals surface area (Å²) in [4.78, 5) is 13.6. The maximum absolute atomic E-state index is 12.0. The molecular weight excluding hydrogens is 218 g/mol. The third-order valence-electron chi connectivity index (χ3n) is 2.85. The molecule has 0 bridgehead atoms. The standard InChI is InChI=1S/C12H13N3O2/c1-14-9-7-17-11-8(6-13)4-3-5-10(11)15(2)12(9)16/h3-5,9,14H,7H2,1-2H3/t9-/m0/s1. The number of likely N-dealkylation sites (N-methyl/N-ethyl adjacent to an activating group) is 2. The zero-order valence-corrected chi connectivity index (χ0v) is 9.73. The molecule has 5 nitrogen and oxygen atoms in total. The normalized spacial score (nSPS) is 19.0. The largest absolute Gasteiger partial charge is 0.488 e. The zero-order chi connectivity index (χ0) is 12.4. The number of hydrogen-bond acceptors (Lipinski definition) is 4. The highest BCUT2D eigenvalue weighted by Crippen LogP contribution is 2.33. The highest BCUT2D eigenvalue weighted by molar-refractivity contribution is 5.99. The van der Waals surface area contributed by atoms with Gasteiger partial charge in [-0.25, -0.2) is 0 Å². The van der Waals surface area contributed by atoms with Crippen LogP contribution in [0.5, 0.6) is 5.75 Å². The first-order valence-electron chi connectivity index (χ1n) is 5.29. The molecule has 0 saturated carbocycles. The third kappa shape index (κ3) is 1.83. The zero-order valence-electron chi connectivity index (χ0n) is 9.73. The van der Waals surface area contributed by atoms with E-state index in [1.807, 2.05) is 0 Å². The summed E-state index contributed by atoms with van der Waals surface area (Å²) in [6, 6.07) is 6.87. The van der Waals surface area contributed by atoms with Gasteiger partial charge >= 0.3 is 0 Å². The number of nitrogens with zero attached hydrogens (tertiary/aromatic N) is 2. The summed E-state index contributed by atoms with van der Waals surface area (Å²) in [5, 5.41) is 11.9. The molecule has 1 amide bonds. The molecule has 0 aromatic heterocycles. The van der Waals surface area contributed by atoms with Crippen LogP contribution in [0.2, 0.25) is 0 Å². The SMILES string of the molecule is CN[C@H]1COc2c(C#N)cccc2N(C)C1=O. The van der Waals surface area contributed by atoms with Crippen molar-refractivity contribution in [2.45, 2.75) is 6.04 Å². The number of fused-ring (bicyclic) bond motifs is 1. The van der Waals surface area contributed by atoms with Crippen LogP contribution in [-0.4, -0.2) is 32.7 Å². The van der Waals surface area contributed by atoms with Crippen LogP contribution in [0.15, 0.2) is 18.2 Å². The van der Waals surface area contributed by atoms with Gasteiger partial charge in [0.2, 0.25) is 5.91 Å². The highest BCUT2D eigenvalue weighted by Gasteiger charge is 2.29. The van der Waals surface area contributed by atoms with Crippen LogP contribution in [0, 0.1) is 11.3 Å². The van der Waals surface area contributed by atoms with Gasteiger partial charge in [-0.05, 0) is 19.2 Å². The molecule has 0 unspecified atom stereocenters. The molecule has 1 atom stereocenters. The van der Waals surface area contributed by atoms with Crippen molar-refractivity contribution >= 4 is 11.6 Å². The minimum absolute atomic E-state index is 0.0682. The summed E-state index contributed by atoms with van der Waals surface area (Å²) in [5.41, 5.74) is 1.07. The maximum Gasteiger partial charge on any atom is 0.247 e. The van der Waals surface area contributed by atoms with Crippen LogP contribution in [0.3, 0.4) is 0 Å². The summed E-state index contributed by atoms with van der Waals surface area (Å²) >= 11 is 0. The average Bonchev–Trinajstić information content (AvgIpc) is 2.48. The minimum atomic E-state index is -0.390. The predicted octanol–water partition coefficient (Wildman–Crippen LogP) is 0.501. The van der Waals surface area contributed by atoms with Gasteiger partial charge in [0.25, 0.3) is 0 Å². The first-order valence-corrected chi connectivity index (χ1v) is 5.29.